The summed E-state index contributed by atoms with van der Waals surface area (Å²) in [5.74, 6) is 0. The average Bonchev–Trinajstić information content (AvgIpc) is 2.64. The lowest BCUT2D eigenvalue weighted by atomic mass is 10.1. The maximum atomic E-state index is 3.60. The van der Waals surface area contributed by atoms with Crippen molar-refractivity contribution in [2.75, 3.05) is 7.05 Å². The second kappa shape index (κ2) is 8.28. The predicted octanol–water partition coefficient (Wildman–Crippen LogP) is 5.44. The minimum atomic E-state index is 0.534. The quantitative estimate of drug-likeness (QED) is 0.629. The lowest BCUT2D eigenvalue weighted by Crippen LogP contribution is -2.14. The van der Waals surface area contributed by atoms with Gasteiger partial charge in [0.05, 0.1) is 0 Å². The first kappa shape index (κ1) is 15.2. The Bertz CT molecular complexity index is 303. The first-order valence-corrected chi connectivity index (χ1v) is 8.23. The Balaban J connectivity index is 2.38. The fourth-order valence-corrected chi connectivity index (χ4v) is 3.74. The van der Waals surface area contributed by atoms with Gasteiger partial charge in [0.2, 0.25) is 0 Å². The van der Waals surface area contributed by atoms with Gasteiger partial charge in [-0.3, -0.25) is 0 Å². The topological polar surface area (TPSA) is 12.0 Å². The molecule has 1 heterocycles. The average molecular weight is 318 g/mol. The second-order valence-corrected chi connectivity index (χ2v) is 6.74. The molecule has 1 N–H and O–H groups in total. The fraction of sp³-hybridized carbons (Fsp3) is 0.714. The lowest BCUT2D eigenvalue weighted by Gasteiger charge is -2.14. The van der Waals surface area contributed by atoms with E-state index in [-0.39, 0.29) is 0 Å². The molecule has 0 fully saturated rings. The highest BCUT2D eigenvalue weighted by molar-refractivity contribution is 9.10. The van der Waals surface area contributed by atoms with Gasteiger partial charge in [0.25, 0.3) is 0 Å². The number of thiophene rings is 1. The summed E-state index contributed by atoms with van der Waals surface area (Å²) < 4.78 is 1.25. The fourth-order valence-electron chi connectivity index (χ4n) is 2.03. The van der Waals surface area contributed by atoms with Crippen molar-refractivity contribution in [1.82, 2.24) is 5.32 Å². The molecule has 1 nitrogen and oxygen atoms in total. The molecule has 0 aromatic carbocycles. The molecule has 0 aliphatic heterocycles. The summed E-state index contributed by atoms with van der Waals surface area (Å²) in [4.78, 5) is 2.85. The number of unbranched alkanes of at least 4 members (excludes halogenated alkanes) is 4. The maximum absolute atomic E-state index is 3.60. The Hall–Kier alpha value is 0.140. The summed E-state index contributed by atoms with van der Waals surface area (Å²) in [6, 6.07) is 2.80. The van der Waals surface area contributed by atoms with Crippen LogP contribution in [0.4, 0.5) is 0 Å². The van der Waals surface area contributed by atoms with Crippen molar-refractivity contribution >= 4 is 27.3 Å². The lowest BCUT2D eigenvalue weighted by molar-refractivity contribution is 0.506. The van der Waals surface area contributed by atoms with Crippen LogP contribution in [0.5, 0.6) is 0 Å². The minimum absolute atomic E-state index is 0.534. The first-order valence-electron chi connectivity index (χ1n) is 6.62. The van der Waals surface area contributed by atoms with Crippen molar-refractivity contribution < 1.29 is 0 Å². The molecule has 1 atom stereocenters. The summed E-state index contributed by atoms with van der Waals surface area (Å²) in [6.07, 6.45) is 8.06. The van der Waals surface area contributed by atoms with Gasteiger partial charge < -0.3 is 5.32 Å². The highest BCUT2D eigenvalue weighted by Gasteiger charge is 2.12. The van der Waals surface area contributed by atoms with Gasteiger partial charge in [-0.25, -0.2) is 0 Å². The zero-order chi connectivity index (χ0) is 12.7. The molecular formula is C14H24BrNS. The molecule has 0 saturated carbocycles. The Morgan fingerprint density at radius 3 is 2.53 bits per heavy atom. The monoisotopic (exact) mass is 317 g/mol. The zero-order valence-corrected chi connectivity index (χ0v) is 13.6. The summed E-state index contributed by atoms with van der Waals surface area (Å²) in [5, 5.41) is 3.44. The van der Waals surface area contributed by atoms with E-state index in [1.54, 1.807) is 0 Å². The van der Waals surface area contributed by atoms with Gasteiger partial charge in [-0.1, -0.05) is 39.0 Å². The van der Waals surface area contributed by atoms with E-state index in [2.05, 4.69) is 48.2 Å². The smallest absolute Gasteiger partial charge is 0.0412 e. The van der Waals surface area contributed by atoms with Gasteiger partial charge in [-0.2, -0.15) is 0 Å². The number of nitrogens with one attached hydrogen (secondary N) is 1. The molecule has 1 aromatic rings. The van der Waals surface area contributed by atoms with Crippen LogP contribution in [0.15, 0.2) is 10.5 Å². The molecule has 0 bridgehead atoms. The van der Waals surface area contributed by atoms with E-state index in [1.165, 1.54) is 52.8 Å². The second-order valence-electron chi connectivity index (χ2n) is 4.60. The first-order chi connectivity index (χ1) is 8.19. The molecule has 0 saturated heterocycles. The van der Waals surface area contributed by atoms with E-state index in [0.29, 0.717) is 6.04 Å². The van der Waals surface area contributed by atoms with Crippen molar-refractivity contribution in [3.05, 3.63) is 20.3 Å². The third-order valence-corrected chi connectivity index (χ3v) is 5.41. The number of halogens is 1. The van der Waals surface area contributed by atoms with Crippen LogP contribution in [0.25, 0.3) is 0 Å². The number of hydrogen-bond acceptors (Lipinski definition) is 2. The molecule has 98 valence electrons. The van der Waals surface area contributed by atoms with Gasteiger partial charge in [0.15, 0.2) is 0 Å². The molecule has 0 radical (unpaired) electrons. The molecule has 0 amide bonds. The number of aryl methyl sites for hydroxylation is 1. The normalized spacial score (nSPS) is 12.9. The van der Waals surface area contributed by atoms with Crippen LogP contribution in [0, 0.1) is 6.92 Å². The van der Waals surface area contributed by atoms with Crippen LogP contribution < -0.4 is 5.32 Å². The van der Waals surface area contributed by atoms with Crippen molar-refractivity contribution in [3.63, 3.8) is 0 Å². The van der Waals surface area contributed by atoms with Crippen molar-refractivity contribution in [3.8, 4) is 0 Å². The van der Waals surface area contributed by atoms with Crippen molar-refractivity contribution in [1.29, 1.82) is 0 Å². The van der Waals surface area contributed by atoms with Crippen LogP contribution in [0.3, 0.4) is 0 Å². The minimum Gasteiger partial charge on any atom is -0.312 e. The molecule has 0 spiro atoms. The van der Waals surface area contributed by atoms with Gasteiger partial charge in [-0.05, 0) is 42.4 Å². The van der Waals surface area contributed by atoms with Crippen molar-refractivity contribution in [2.24, 2.45) is 0 Å². The van der Waals surface area contributed by atoms with E-state index in [9.17, 15) is 0 Å². The summed E-state index contributed by atoms with van der Waals surface area (Å²) in [5.41, 5.74) is 0. The van der Waals surface area contributed by atoms with Gasteiger partial charge >= 0.3 is 0 Å². The molecule has 1 unspecified atom stereocenters. The summed E-state index contributed by atoms with van der Waals surface area (Å²) in [6.45, 7) is 4.44. The van der Waals surface area contributed by atoms with Crippen LogP contribution in [0.2, 0.25) is 0 Å². The van der Waals surface area contributed by atoms with Crippen molar-refractivity contribution in [2.45, 2.75) is 58.4 Å². The van der Waals surface area contributed by atoms with Crippen LogP contribution in [-0.2, 0) is 0 Å². The molecule has 3 heteroatoms. The molecular weight excluding hydrogens is 294 g/mol. The highest BCUT2D eigenvalue weighted by Crippen LogP contribution is 2.32. The van der Waals surface area contributed by atoms with Crippen LogP contribution in [0.1, 0.15) is 61.2 Å². The number of hydrogen-bond donors (Lipinski definition) is 1. The largest absolute Gasteiger partial charge is 0.312 e. The standard InChI is InChI=1S/C14H24BrNS/c1-4-5-6-7-8-9-13(16-3)14-10-12(15)11(2)17-14/h10,13,16H,4-9H2,1-3H3. The molecule has 1 aromatic heterocycles. The third kappa shape index (κ3) is 5.11. The van der Waals surface area contributed by atoms with E-state index in [1.807, 2.05) is 11.3 Å². The van der Waals surface area contributed by atoms with Gasteiger partial charge in [0.1, 0.15) is 0 Å². The number of rotatable bonds is 8. The summed E-state index contributed by atoms with van der Waals surface area (Å²) >= 11 is 5.50. The van der Waals surface area contributed by atoms with Gasteiger partial charge in [-0.15, -0.1) is 11.3 Å². The van der Waals surface area contributed by atoms with E-state index < -0.39 is 0 Å². The Kier molecular flexibility index (Phi) is 7.40. The van der Waals surface area contributed by atoms with Crippen LogP contribution >= 0.6 is 27.3 Å². The molecule has 0 aliphatic carbocycles. The van der Waals surface area contributed by atoms with E-state index in [4.69, 9.17) is 0 Å². The van der Waals surface area contributed by atoms with E-state index >= 15 is 0 Å². The summed E-state index contributed by atoms with van der Waals surface area (Å²) in [7, 11) is 2.07. The highest BCUT2D eigenvalue weighted by atomic mass is 79.9. The third-order valence-electron chi connectivity index (χ3n) is 3.16. The Labute approximate surface area is 118 Å². The SMILES string of the molecule is CCCCCCCC(NC)c1cc(Br)c(C)s1. The maximum Gasteiger partial charge on any atom is 0.0412 e. The van der Waals surface area contributed by atoms with Crippen LogP contribution in [-0.4, -0.2) is 7.05 Å². The Morgan fingerprint density at radius 1 is 1.29 bits per heavy atom. The molecule has 1 rings (SSSR count). The Morgan fingerprint density at radius 2 is 2.00 bits per heavy atom. The molecule has 0 aliphatic rings. The zero-order valence-electron chi connectivity index (χ0n) is 11.2. The molecule has 17 heavy (non-hydrogen) atoms. The predicted molar refractivity (Wildman–Crippen MR) is 81.9 cm³/mol. The van der Waals surface area contributed by atoms with Gasteiger partial charge in [0, 0.05) is 20.3 Å². The van der Waals surface area contributed by atoms with E-state index in [0.717, 1.165) is 0 Å².